The number of methoxy groups -OCH3 is 3. The summed E-state index contributed by atoms with van der Waals surface area (Å²) in [6.07, 6.45) is 3.70. The number of aliphatic hydroxyl groups is 1. The Labute approximate surface area is 135 Å². The Kier molecular flexibility index (Phi) is 4.06. The first-order valence-corrected chi connectivity index (χ1v) is 7.80. The number of hydrogen-bond donors (Lipinski definition) is 1. The van der Waals surface area contributed by atoms with Crippen LogP contribution >= 0.6 is 0 Å². The highest BCUT2D eigenvalue weighted by atomic mass is 16.5. The van der Waals surface area contributed by atoms with Crippen LogP contribution in [-0.2, 0) is 16.0 Å². The van der Waals surface area contributed by atoms with Crippen molar-refractivity contribution in [2.45, 2.75) is 31.8 Å². The summed E-state index contributed by atoms with van der Waals surface area (Å²) in [4.78, 5) is 12.6. The molecule has 0 heterocycles. The Hall–Kier alpha value is -2.01. The highest BCUT2D eigenvalue weighted by Gasteiger charge is 2.49. The van der Waals surface area contributed by atoms with Gasteiger partial charge in [-0.1, -0.05) is 6.08 Å². The van der Waals surface area contributed by atoms with Gasteiger partial charge in [0.2, 0.25) is 0 Å². The van der Waals surface area contributed by atoms with Crippen molar-refractivity contribution < 1.29 is 24.1 Å². The van der Waals surface area contributed by atoms with Crippen LogP contribution in [0.5, 0.6) is 11.5 Å². The third-order valence-electron chi connectivity index (χ3n) is 5.06. The zero-order valence-corrected chi connectivity index (χ0v) is 13.7. The quantitative estimate of drug-likeness (QED) is 0.867. The van der Waals surface area contributed by atoms with Gasteiger partial charge >= 0.3 is 5.97 Å². The first kappa shape index (κ1) is 15.9. The standard InChI is InChI=1S/C18H22O5/c1-21-14-4-5-15(22-2)16-12(14)7-9-18(17(20)23-3)8-6-11(19)10-13(16)18/h4-5,10-11,19H,6-9H2,1-3H3/t11-,18-/m0/s1. The van der Waals surface area contributed by atoms with Crippen molar-refractivity contribution in [1.82, 2.24) is 0 Å². The molecule has 5 nitrogen and oxygen atoms in total. The predicted molar refractivity (Wildman–Crippen MR) is 85.5 cm³/mol. The van der Waals surface area contributed by atoms with E-state index in [1.807, 2.05) is 12.1 Å². The van der Waals surface area contributed by atoms with E-state index in [1.54, 1.807) is 20.3 Å². The van der Waals surface area contributed by atoms with Gasteiger partial charge in [0.1, 0.15) is 11.5 Å². The lowest BCUT2D eigenvalue weighted by Gasteiger charge is -2.42. The summed E-state index contributed by atoms with van der Waals surface area (Å²) >= 11 is 0. The lowest BCUT2D eigenvalue weighted by Crippen LogP contribution is -2.40. The van der Waals surface area contributed by atoms with E-state index in [2.05, 4.69) is 0 Å². The van der Waals surface area contributed by atoms with Crippen molar-refractivity contribution in [2.24, 2.45) is 5.41 Å². The zero-order valence-electron chi connectivity index (χ0n) is 13.7. The van der Waals surface area contributed by atoms with E-state index in [4.69, 9.17) is 14.2 Å². The molecule has 1 N–H and O–H groups in total. The van der Waals surface area contributed by atoms with E-state index >= 15 is 0 Å². The number of hydrogen-bond acceptors (Lipinski definition) is 5. The van der Waals surface area contributed by atoms with Crippen LogP contribution in [-0.4, -0.2) is 38.5 Å². The Morgan fingerprint density at radius 3 is 2.52 bits per heavy atom. The van der Waals surface area contributed by atoms with E-state index < -0.39 is 11.5 Å². The molecule has 2 aliphatic rings. The monoisotopic (exact) mass is 318 g/mol. The highest BCUT2D eigenvalue weighted by molar-refractivity contribution is 5.97. The molecule has 0 fully saturated rings. The van der Waals surface area contributed by atoms with Crippen molar-refractivity contribution >= 4 is 11.5 Å². The Bertz CT molecular complexity index is 664. The molecule has 5 heteroatoms. The van der Waals surface area contributed by atoms with Gasteiger partial charge in [0, 0.05) is 11.1 Å². The van der Waals surface area contributed by atoms with Crippen LogP contribution < -0.4 is 9.47 Å². The molecule has 0 aromatic heterocycles. The van der Waals surface area contributed by atoms with E-state index in [1.165, 1.54) is 7.11 Å². The molecule has 0 spiro atoms. The van der Waals surface area contributed by atoms with Gasteiger partial charge in [0.05, 0.1) is 32.8 Å². The largest absolute Gasteiger partial charge is 0.496 e. The lowest BCUT2D eigenvalue weighted by molar-refractivity contribution is -0.150. The maximum atomic E-state index is 12.6. The minimum Gasteiger partial charge on any atom is -0.496 e. The topological polar surface area (TPSA) is 65.0 Å². The minimum absolute atomic E-state index is 0.244. The Balaban J connectivity index is 2.27. The molecule has 2 aliphatic carbocycles. The summed E-state index contributed by atoms with van der Waals surface area (Å²) in [6.45, 7) is 0. The van der Waals surface area contributed by atoms with Crippen molar-refractivity contribution in [1.29, 1.82) is 0 Å². The normalized spacial score (nSPS) is 25.7. The maximum Gasteiger partial charge on any atom is 0.316 e. The van der Waals surface area contributed by atoms with E-state index in [9.17, 15) is 9.90 Å². The molecule has 0 aliphatic heterocycles. The fraction of sp³-hybridized carbons (Fsp3) is 0.500. The molecule has 3 rings (SSSR count). The molecule has 2 atom stereocenters. The molecule has 1 aromatic rings. The fourth-order valence-corrected chi connectivity index (χ4v) is 3.91. The summed E-state index contributed by atoms with van der Waals surface area (Å²) in [5.74, 6) is 1.22. The molecule has 0 unspecified atom stereocenters. The SMILES string of the molecule is COC(=O)[C@@]12CCc3c(OC)ccc(OC)c3C1=C[C@@H](O)CC2. The summed E-state index contributed by atoms with van der Waals surface area (Å²) in [5, 5.41) is 10.1. The van der Waals surface area contributed by atoms with Crippen molar-refractivity contribution in [3.63, 3.8) is 0 Å². The molecule has 0 saturated heterocycles. The van der Waals surface area contributed by atoms with Crippen LogP contribution in [0.25, 0.3) is 5.57 Å². The van der Waals surface area contributed by atoms with Gasteiger partial charge in [-0.25, -0.2) is 0 Å². The summed E-state index contributed by atoms with van der Waals surface area (Å²) in [7, 11) is 4.66. The van der Waals surface area contributed by atoms with Crippen molar-refractivity contribution in [2.75, 3.05) is 21.3 Å². The third-order valence-corrected chi connectivity index (χ3v) is 5.06. The van der Waals surface area contributed by atoms with Crippen molar-refractivity contribution in [3.05, 3.63) is 29.3 Å². The van der Waals surface area contributed by atoms with Gasteiger partial charge < -0.3 is 19.3 Å². The van der Waals surface area contributed by atoms with Crippen LogP contribution in [0.15, 0.2) is 18.2 Å². The molecule has 23 heavy (non-hydrogen) atoms. The number of rotatable bonds is 3. The number of carbonyl (C=O) groups is 1. The first-order valence-electron chi connectivity index (χ1n) is 7.80. The predicted octanol–water partition coefficient (Wildman–Crippen LogP) is 2.35. The highest BCUT2D eigenvalue weighted by Crippen LogP contribution is 2.55. The number of benzene rings is 1. The average Bonchev–Trinajstić information content (AvgIpc) is 2.59. The van der Waals surface area contributed by atoms with Crippen LogP contribution in [0.1, 0.15) is 30.4 Å². The van der Waals surface area contributed by atoms with E-state index in [0.29, 0.717) is 31.4 Å². The Morgan fingerprint density at radius 1 is 1.17 bits per heavy atom. The molecule has 124 valence electrons. The lowest BCUT2D eigenvalue weighted by atomic mass is 9.62. The van der Waals surface area contributed by atoms with Crippen LogP contribution in [0.3, 0.4) is 0 Å². The van der Waals surface area contributed by atoms with Gasteiger partial charge in [0.25, 0.3) is 0 Å². The maximum absolute atomic E-state index is 12.6. The van der Waals surface area contributed by atoms with E-state index in [-0.39, 0.29) is 5.97 Å². The third kappa shape index (κ3) is 2.30. The first-order chi connectivity index (χ1) is 11.1. The second kappa shape index (κ2) is 5.89. The van der Waals surface area contributed by atoms with Gasteiger partial charge in [-0.3, -0.25) is 4.79 Å². The van der Waals surface area contributed by atoms with Crippen LogP contribution in [0.2, 0.25) is 0 Å². The second-order valence-corrected chi connectivity index (χ2v) is 6.08. The number of carbonyl (C=O) groups excluding carboxylic acids is 1. The smallest absolute Gasteiger partial charge is 0.316 e. The number of aliphatic hydroxyl groups excluding tert-OH is 1. The van der Waals surface area contributed by atoms with Gasteiger partial charge in [0.15, 0.2) is 0 Å². The minimum atomic E-state index is -0.708. The number of fused-ring (bicyclic) bond motifs is 3. The van der Waals surface area contributed by atoms with Gasteiger partial charge in [-0.2, -0.15) is 0 Å². The zero-order chi connectivity index (χ0) is 16.6. The number of ether oxygens (including phenoxy) is 3. The summed E-state index contributed by atoms with van der Waals surface area (Å²) < 4.78 is 16.1. The van der Waals surface area contributed by atoms with Crippen LogP contribution in [0, 0.1) is 5.41 Å². The molecule has 0 radical (unpaired) electrons. The van der Waals surface area contributed by atoms with E-state index in [0.717, 1.165) is 22.4 Å². The van der Waals surface area contributed by atoms with Gasteiger partial charge in [-0.15, -0.1) is 0 Å². The summed E-state index contributed by atoms with van der Waals surface area (Å²) in [5.41, 5.74) is 1.98. The molecule has 0 amide bonds. The van der Waals surface area contributed by atoms with Gasteiger partial charge in [-0.05, 0) is 43.4 Å². The molecule has 0 saturated carbocycles. The van der Waals surface area contributed by atoms with Crippen LogP contribution in [0.4, 0.5) is 0 Å². The Morgan fingerprint density at radius 2 is 1.87 bits per heavy atom. The molecule has 1 aromatic carbocycles. The molecule has 0 bridgehead atoms. The molecular weight excluding hydrogens is 296 g/mol. The summed E-state index contributed by atoms with van der Waals surface area (Å²) in [6, 6.07) is 3.72. The van der Waals surface area contributed by atoms with Crippen molar-refractivity contribution in [3.8, 4) is 11.5 Å². The number of esters is 1. The molecular formula is C18H22O5. The second-order valence-electron chi connectivity index (χ2n) is 6.08. The fourth-order valence-electron chi connectivity index (χ4n) is 3.91. The average molecular weight is 318 g/mol.